The van der Waals surface area contributed by atoms with Crippen molar-refractivity contribution >= 4 is 25.8 Å². The van der Waals surface area contributed by atoms with Crippen LogP contribution in [0.1, 0.15) is 18.1 Å². The van der Waals surface area contributed by atoms with Crippen molar-refractivity contribution in [3.05, 3.63) is 34.3 Å². The van der Waals surface area contributed by atoms with Crippen LogP contribution in [-0.2, 0) is 14.6 Å². The molecule has 0 bridgehead atoms. The first-order chi connectivity index (χ1) is 9.44. The first-order valence-electron chi connectivity index (χ1n) is 6.71. The Kier molecular flexibility index (Phi) is 5.60. The fraction of sp³-hybridized carbons (Fsp3) is 0.571. The van der Waals surface area contributed by atoms with Gasteiger partial charge < -0.3 is 4.74 Å². The number of nitrogens with zero attached hydrogens (tertiary/aromatic N) is 1. The molecule has 0 radical (unpaired) electrons. The molecule has 1 saturated heterocycles. The summed E-state index contributed by atoms with van der Waals surface area (Å²) in [5, 5.41) is 0. The fourth-order valence-electron chi connectivity index (χ4n) is 2.34. The quantitative estimate of drug-likeness (QED) is 0.806. The van der Waals surface area contributed by atoms with Gasteiger partial charge in [0.05, 0.1) is 18.5 Å². The number of ether oxygens (including phenoxy) is 1. The van der Waals surface area contributed by atoms with Gasteiger partial charge in [-0.05, 0) is 30.7 Å². The van der Waals surface area contributed by atoms with Crippen LogP contribution in [0.4, 0.5) is 0 Å². The molecule has 0 amide bonds. The van der Waals surface area contributed by atoms with E-state index < -0.39 is 9.84 Å². The van der Waals surface area contributed by atoms with Crippen LogP contribution in [0.5, 0.6) is 0 Å². The van der Waals surface area contributed by atoms with Gasteiger partial charge >= 0.3 is 0 Å². The molecular weight excluding hydrogens is 342 g/mol. The number of benzene rings is 1. The normalized spacial score (nSPS) is 21.0. The minimum Gasteiger partial charge on any atom is -0.371 e. The van der Waals surface area contributed by atoms with Crippen LogP contribution in [-0.4, -0.2) is 51.6 Å². The van der Waals surface area contributed by atoms with Crippen molar-refractivity contribution in [3.63, 3.8) is 0 Å². The van der Waals surface area contributed by atoms with E-state index in [9.17, 15) is 8.42 Å². The van der Waals surface area contributed by atoms with Crippen molar-refractivity contribution in [2.75, 3.05) is 38.2 Å². The third-order valence-electron chi connectivity index (χ3n) is 3.38. The highest BCUT2D eigenvalue weighted by molar-refractivity contribution is 9.10. The molecule has 0 saturated carbocycles. The highest BCUT2D eigenvalue weighted by Gasteiger charge is 2.21. The molecule has 0 aliphatic carbocycles. The molecule has 1 atom stereocenters. The number of sulfone groups is 1. The van der Waals surface area contributed by atoms with E-state index in [-0.39, 0.29) is 11.9 Å². The van der Waals surface area contributed by atoms with Gasteiger partial charge in [-0.2, -0.15) is 0 Å². The maximum atomic E-state index is 11.1. The lowest BCUT2D eigenvalue weighted by molar-refractivity contribution is -0.0297. The standard InChI is InChI=1S/C14H20BrNO3S/c1-20(17,18)10-2-7-16-8-9-19-14(11-16)12-3-5-13(15)6-4-12/h3-6,14H,2,7-11H2,1H3/t14-/m1/s1. The number of hydrogen-bond donors (Lipinski definition) is 0. The SMILES string of the molecule is CS(=O)(=O)CCCN1CCO[C@@H](c2ccc(Br)cc2)C1. The molecule has 0 spiro atoms. The molecule has 1 aromatic carbocycles. The highest BCUT2D eigenvalue weighted by Crippen LogP contribution is 2.23. The largest absolute Gasteiger partial charge is 0.371 e. The van der Waals surface area contributed by atoms with E-state index in [1.165, 1.54) is 11.8 Å². The van der Waals surface area contributed by atoms with E-state index in [4.69, 9.17) is 4.74 Å². The van der Waals surface area contributed by atoms with Crippen molar-refractivity contribution in [3.8, 4) is 0 Å². The third kappa shape index (κ3) is 5.16. The van der Waals surface area contributed by atoms with Crippen LogP contribution in [0, 0.1) is 0 Å². The summed E-state index contributed by atoms with van der Waals surface area (Å²) in [5.74, 6) is 0.257. The van der Waals surface area contributed by atoms with E-state index in [2.05, 4.69) is 33.0 Å². The van der Waals surface area contributed by atoms with Crippen molar-refractivity contribution in [2.45, 2.75) is 12.5 Å². The molecule has 1 aliphatic heterocycles. The Balaban J connectivity index is 1.87. The molecule has 112 valence electrons. The molecule has 1 fully saturated rings. The van der Waals surface area contributed by atoms with Crippen LogP contribution in [0.15, 0.2) is 28.7 Å². The van der Waals surface area contributed by atoms with Crippen LogP contribution in [0.3, 0.4) is 0 Å². The van der Waals surface area contributed by atoms with Gasteiger partial charge in [-0.3, -0.25) is 4.90 Å². The lowest BCUT2D eigenvalue weighted by Gasteiger charge is -2.33. The minimum absolute atomic E-state index is 0.0788. The number of morpholine rings is 1. The molecule has 0 N–H and O–H groups in total. The monoisotopic (exact) mass is 361 g/mol. The second-order valence-electron chi connectivity index (χ2n) is 5.20. The van der Waals surface area contributed by atoms with Gasteiger partial charge in [-0.15, -0.1) is 0 Å². The summed E-state index contributed by atoms with van der Waals surface area (Å²) in [6.07, 6.45) is 2.05. The maximum Gasteiger partial charge on any atom is 0.147 e. The molecule has 1 aliphatic rings. The lowest BCUT2D eigenvalue weighted by atomic mass is 10.1. The Labute approximate surface area is 129 Å². The second-order valence-corrected chi connectivity index (χ2v) is 8.37. The molecule has 2 rings (SSSR count). The Morgan fingerprint density at radius 3 is 2.70 bits per heavy atom. The van der Waals surface area contributed by atoms with Crippen molar-refractivity contribution < 1.29 is 13.2 Å². The summed E-state index contributed by atoms with van der Waals surface area (Å²) in [7, 11) is -2.86. The predicted octanol–water partition coefficient (Wildman–Crippen LogP) is 2.26. The van der Waals surface area contributed by atoms with Gasteiger partial charge in [0, 0.05) is 23.8 Å². The zero-order chi connectivity index (χ0) is 14.6. The Morgan fingerprint density at radius 2 is 2.05 bits per heavy atom. The zero-order valence-electron chi connectivity index (χ0n) is 11.6. The zero-order valence-corrected chi connectivity index (χ0v) is 14.0. The predicted molar refractivity (Wildman–Crippen MR) is 83.6 cm³/mol. The first kappa shape index (κ1) is 15.9. The summed E-state index contributed by atoms with van der Waals surface area (Å²) in [4.78, 5) is 2.28. The minimum atomic E-state index is -2.86. The van der Waals surface area contributed by atoms with Gasteiger partial charge in [-0.25, -0.2) is 8.42 Å². The van der Waals surface area contributed by atoms with Crippen LogP contribution >= 0.6 is 15.9 Å². The van der Waals surface area contributed by atoms with E-state index in [0.29, 0.717) is 13.0 Å². The van der Waals surface area contributed by atoms with Gasteiger partial charge in [0.2, 0.25) is 0 Å². The first-order valence-corrected chi connectivity index (χ1v) is 9.56. The summed E-state index contributed by atoms with van der Waals surface area (Å²) < 4.78 is 29.1. The number of rotatable bonds is 5. The number of hydrogen-bond acceptors (Lipinski definition) is 4. The topological polar surface area (TPSA) is 46.6 Å². The smallest absolute Gasteiger partial charge is 0.147 e. The number of halogens is 1. The highest BCUT2D eigenvalue weighted by atomic mass is 79.9. The Morgan fingerprint density at radius 1 is 1.35 bits per heavy atom. The molecule has 0 unspecified atom stereocenters. The summed E-state index contributed by atoms with van der Waals surface area (Å²) >= 11 is 3.43. The van der Waals surface area contributed by atoms with Gasteiger partial charge in [0.1, 0.15) is 9.84 Å². The van der Waals surface area contributed by atoms with E-state index in [0.717, 1.165) is 24.1 Å². The molecule has 20 heavy (non-hydrogen) atoms. The second kappa shape index (κ2) is 7.02. The van der Waals surface area contributed by atoms with Gasteiger partial charge in [0.25, 0.3) is 0 Å². The molecule has 1 aromatic rings. The Bertz CT molecular complexity index is 530. The van der Waals surface area contributed by atoms with Crippen LogP contribution in [0.2, 0.25) is 0 Å². The van der Waals surface area contributed by atoms with Crippen LogP contribution in [0.25, 0.3) is 0 Å². The van der Waals surface area contributed by atoms with E-state index in [1.54, 1.807) is 0 Å². The molecule has 6 heteroatoms. The average Bonchev–Trinajstić information content (AvgIpc) is 2.38. The van der Waals surface area contributed by atoms with Gasteiger partial charge in [-0.1, -0.05) is 28.1 Å². The summed E-state index contributed by atoms with van der Waals surface area (Å²) in [5.41, 5.74) is 1.17. The average molecular weight is 362 g/mol. The van der Waals surface area contributed by atoms with Crippen molar-refractivity contribution in [2.24, 2.45) is 0 Å². The lowest BCUT2D eigenvalue weighted by Crippen LogP contribution is -2.39. The molecule has 0 aromatic heterocycles. The fourth-order valence-corrected chi connectivity index (χ4v) is 3.25. The summed E-state index contributed by atoms with van der Waals surface area (Å²) in [6.45, 7) is 3.20. The van der Waals surface area contributed by atoms with Gasteiger partial charge in [0.15, 0.2) is 0 Å². The van der Waals surface area contributed by atoms with Crippen LogP contribution < -0.4 is 0 Å². The molecule has 4 nitrogen and oxygen atoms in total. The Hall–Kier alpha value is -0.430. The molecule has 1 heterocycles. The van der Waals surface area contributed by atoms with Crippen molar-refractivity contribution in [1.82, 2.24) is 4.90 Å². The van der Waals surface area contributed by atoms with E-state index in [1.807, 2.05) is 12.1 Å². The van der Waals surface area contributed by atoms with Crippen molar-refractivity contribution in [1.29, 1.82) is 0 Å². The maximum absolute atomic E-state index is 11.1. The molecular formula is C14H20BrNO3S. The third-order valence-corrected chi connectivity index (χ3v) is 4.94. The van der Waals surface area contributed by atoms with E-state index >= 15 is 0 Å². The summed E-state index contributed by atoms with van der Waals surface area (Å²) in [6, 6.07) is 8.16.